The highest BCUT2D eigenvalue weighted by Crippen LogP contribution is 2.23. The molecule has 2 aliphatic carbocycles. The van der Waals surface area contributed by atoms with E-state index in [1.807, 2.05) is 24.4 Å². The second kappa shape index (κ2) is 6.20. The summed E-state index contributed by atoms with van der Waals surface area (Å²) in [5.41, 5.74) is 1.53. The number of nitrogens with one attached hydrogen (secondary N) is 2. The van der Waals surface area contributed by atoms with E-state index in [9.17, 15) is 0 Å². The van der Waals surface area contributed by atoms with Crippen LogP contribution in [0.25, 0.3) is 0 Å². The molecule has 2 rings (SSSR count). The van der Waals surface area contributed by atoms with Crippen LogP contribution in [0.15, 0.2) is 34.5 Å². The van der Waals surface area contributed by atoms with Gasteiger partial charge in [-0.2, -0.15) is 0 Å². The maximum Gasteiger partial charge on any atom is 0.0637 e. The third kappa shape index (κ3) is 3.84. The summed E-state index contributed by atoms with van der Waals surface area (Å²) in [4.78, 5) is 0. The highest BCUT2D eigenvalue weighted by molar-refractivity contribution is 9.11. The molecular formula is C14H19BrN2. The topological polar surface area (TPSA) is 35.9 Å². The summed E-state index contributed by atoms with van der Waals surface area (Å²) in [6.45, 7) is 1.05. The predicted octanol–water partition coefficient (Wildman–Crippen LogP) is 3.91. The quantitative estimate of drug-likeness (QED) is 0.813. The lowest BCUT2D eigenvalue weighted by Gasteiger charge is -2.21. The van der Waals surface area contributed by atoms with E-state index in [4.69, 9.17) is 5.41 Å². The maximum atomic E-state index is 7.83. The number of hydrogen-bond acceptors (Lipinski definition) is 2. The molecule has 3 heteroatoms. The smallest absolute Gasteiger partial charge is 0.0637 e. The van der Waals surface area contributed by atoms with Crippen molar-refractivity contribution in [1.29, 1.82) is 5.41 Å². The van der Waals surface area contributed by atoms with Gasteiger partial charge >= 0.3 is 0 Å². The first kappa shape index (κ1) is 12.6. The van der Waals surface area contributed by atoms with Crippen LogP contribution in [0, 0.1) is 11.3 Å². The Kier molecular flexibility index (Phi) is 4.60. The van der Waals surface area contributed by atoms with Crippen molar-refractivity contribution in [2.24, 2.45) is 5.92 Å². The van der Waals surface area contributed by atoms with Gasteiger partial charge < -0.3 is 10.7 Å². The van der Waals surface area contributed by atoms with Crippen molar-refractivity contribution in [1.82, 2.24) is 5.32 Å². The Bertz CT molecular complexity index is 374. The van der Waals surface area contributed by atoms with Gasteiger partial charge in [0.1, 0.15) is 0 Å². The normalized spacial score (nSPS) is 23.9. The van der Waals surface area contributed by atoms with Crippen LogP contribution >= 0.6 is 15.9 Å². The zero-order valence-corrected chi connectivity index (χ0v) is 11.6. The van der Waals surface area contributed by atoms with E-state index in [0.717, 1.165) is 22.5 Å². The van der Waals surface area contributed by atoms with Gasteiger partial charge in [0.05, 0.1) is 5.71 Å². The minimum absolute atomic E-state index is 0.565. The van der Waals surface area contributed by atoms with Crippen LogP contribution in [0.4, 0.5) is 0 Å². The van der Waals surface area contributed by atoms with Crippen LogP contribution in [-0.4, -0.2) is 12.3 Å². The van der Waals surface area contributed by atoms with Gasteiger partial charge in [-0.15, -0.1) is 0 Å². The zero-order chi connectivity index (χ0) is 12.1. The van der Waals surface area contributed by atoms with Crippen molar-refractivity contribution in [3.05, 3.63) is 34.5 Å². The second-order valence-electron chi connectivity index (χ2n) is 4.79. The van der Waals surface area contributed by atoms with Gasteiger partial charge in [0.2, 0.25) is 0 Å². The van der Waals surface area contributed by atoms with Crippen molar-refractivity contribution >= 4 is 21.6 Å². The van der Waals surface area contributed by atoms with Crippen molar-refractivity contribution in [2.45, 2.75) is 32.1 Å². The molecule has 0 saturated heterocycles. The lowest BCUT2D eigenvalue weighted by molar-refractivity contribution is 0.353. The molecule has 0 aromatic carbocycles. The van der Waals surface area contributed by atoms with Crippen LogP contribution in [0.1, 0.15) is 32.1 Å². The first-order valence-corrected chi connectivity index (χ1v) is 7.13. The average molecular weight is 295 g/mol. The van der Waals surface area contributed by atoms with Gasteiger partial charge in [0, 0.05) is 22.8 Å². The highest BCUT2D eigenvalue weighted by atomic mass is 79.9. The molecule has 17 heavy (non-hydrogen) atoms. The minimum atomic E-state index is 0.565. The van der Waals surface area contributed by atoms with Crippen molar-refractivity contribution in [3.8, 4) is 0 Å². The monoisotopic (exact) mass is 294 g/mol. The largest absolute Gasteiger partial charge is 0.390 e. The Morgan fingerprint density at radius 2 is 2.06 bits per heavy atom. The molecule has 0 heterocycles. The highest BCUT2D eigenvalue weighted by Gasteiger charge is 2.12. The molecule has 2 nitrogen and oxygen atoms in total. The third-order valence-electron chi connectivity index (χ3n) is 3.40. The standard InChI is InChI=1S/C14H19BrN2/c15-13-7-6-12(14(16)8-13)10-17-9-11-4-2-1-3-5-11/h6-8,10-11,16-17H,1-5,9H2/b12-10-,16-14?. The van der Waals surface area contributed by atoms with Gasteiger partial charge in [0.25, 0.3) is 0 Å². The molecule has 2 N–H and O–H groups in total. The molecule has 0 aliphatic heterocycles. The summed E-state index contributed by atoms with van der Waals surface area (Å²) in [6.07, 6.45) is 14.6. The van der Waals surface area contributed by atoms with E-state index in [-0.39, 0.29) is 0 Å². The molecule has 1 fully saturated rings. The third-order valence-corrected chi connectivity index (χ3v) is 3.90. The molecule has 1 saturated carbocycles. The maximum absolute atomic E-state index is 7.83. The fourth-order valence-electron chi connectivity index (χ4n) is 2.38. The Balaban J connectivity index is 1.81. The molecular weight excluding hydrogens is 276 g/mol. The average Bonchev–Trinajstić information content (AvgIpc) is 2.33. The van der Waals surface area contributed by atoms with Gasteiger partial charge in [-0.1, -0.05) is 41.3 Å². The Hall–Kier alpha value is -0.830. The zero-order valence-electron chi connectivity index (χ0n) is 10.0. The molecule has 0 bridgehead atoms. The fraction of sp³-hybridized carbons (Fsp3) is 0.500. The molecule has 0 amide bonds. The summed E-state index contributed by atoms with van der Waals surface area (Å²) in [7, 11) is 0. The first-order chi connectivity index (χ1) is 8.25. The number of rotatable bonds is 3. The summed E-state index contributed by atoms with van der Waals surface area (Å²) < 4.78 is 0.965. The fourth-order valence-corrected chi connectivity index (χ4v) is 2.74. The van der Waals surface area contributed by atoms with Crippen molar-refractivity contribution in [3.63, 3.8) is 0 Å². The number of halogens is 1. The molecule has 0 aromatic heterocycles. The SMILES string of the molecule is N=C1C=C(Br)C=C/C1=C/NCC1CCCCC1. The van der Waals surface area contributed by atoms with Crippen LogP contribution in [-0.2, 0) is 0 Å². The Morgan fingerprint density at radius 3 is 2.76 bits per heavy atom. The van der Waals surface area contributed by atoms with Crippen molar-refractivity contribution in [2.75, 3.05) is 6.54 Å². The first-order valence-electron chi connectivity index (χ1n) is 6.33. The Labute approximate surface area is 112 Å². The minimum Gasteiger partial charge on any atom is -0.390 e. The number of allylic oxidation sites excluding steroid dienone is 5. The van der Waals surface area contributed by atoms with Crippen LogP contribution in [0.5, 0.6) is 0 Å². The second-order valence-corrected chi connectivity index (χ2v) is 5.70. The molecule has 0 aromatic rings. The lowest BCUT2D eigenvalue weighted by atomic mass is 9.89. The summed E-state index contributed by atoms with van der Waals surface area (Å²) in [6, 6.07) is 0. The predicted molar refractivity (Wildman–Crippen MR) is 76.5 cm³/mol. The summed E-state index contributed by atoms with van der Waals surface area (Å²) in [5, 5.41) is 11.2. The summed E-state index contributed by atoms with van der Waals surface area (Å²) >= 11 is 3.37. The van der Waals surface area contributed by atoms with Gasteiger partial charge in [0.15, 0.2) is 0 Å². The molecule has 0 atom stereocenters. The van der Waals surface area contributed by atoms with E-state index < -0.39 is 0 Å². The Morgan fingerprint density at radius 1 is 1.29 bits per heavy atom. The van der Waals surface area contributed by atoms with E-state index in [2.05, 4.69) is 21.2 Å². The molecule has 92 valence electrons. The molecule has 0 spiro atoms. The van der Waals surface area contributed by atoms with E-state index in [0.29, 0.717) is 5.71 Å². The van der Waals surface area contributed by atoms with E-state index in [1.54, 1.807) is 0 Å². The summed E-state index contributed by atoms with van der Waals surface area (Å²) in [5.74, 6) is 0.824. The molecule has 0 radical (unpaired) electrons. The van der Waals surface area contributed by atoms with E-state index >= 15 is 0 Å². The van der Waals surface area contributed by atoms with Gasteiger partial charge in [-0.3, -0.25) is 0 Å². The molecule has 0 unspecified atom stereocenters. The van der Waals surface area contributed by atoms with Gasteiger partial charge in [-0.25, -0.2) is 0 Å². The van der Waals surface area contributed by atoms with Gasteiger partial charge in [-0.05, 0) is 30.9 Å². The lowest BCUT2D eigenvalue weighted by Crippen LogP contribution is -2.21. The number of hydrogen-bond donors (Lipinski definition) is 2. The molecule has 2 aliphatic rings. The van der Waals surface area contributed by atoms with Crippen LogP contribution in [0.2, 0.25) is 0 Å². The van der Waals surface area contributed by atoms with Crippen LogP contribution in [0.3, 0.4) is 0 Å². The van der Waals surface area contributed by atoms with Crippen LogP contribution < -0.4 is 5.32 Å². The van der Waals surface area contributed by atoms with E-state index in [1.165, 1.54) is 32.1 Å². The van der Waals surface area contributed by atoms with Crippen molar-refractivity contribution < 1.29 is 0 Å².